The zero-order valence-corrected chi connectivity index (χ0v) is 10.0. The van der Waals surface area contributed by atoms with Gasteiger partial charge in [0.25, 0.3) is 0 Å². The first-order valence-electron chi connectivity index (χ1n) is 5.49. The summed E-state index contributed by atoms with van der Waals surface area (Å²) in [5.74, 6) is 2.31. The van der Waals surface area contributed by atoms with Crippen LogP contribution in [0.1, 0.15) is 41.0 Å². The molecule has 0 heterocycles. The van der Waals surface area contributed by atoms with Gasteiger partial charge in [-0.2, -0.15) is 0 Å². The molecule has 0 aromatic carbocycles. The zero-order chi connectivity index (χ0) is 10.4. The molecule has 80 valence electrons. The Morgan fingerprint density at radius 1 is 1.08 bits per heavy atom. The van der Waals surface area contributed by atoms with Crippen molar-refractivity contribution in [3.63, 3.8) is 0 Å². The first kappa shape index (κ1) is 13.0. The molecule has 0 spiro atoms. The van der Waals surface area contributed by atoms with Gasteiger partial charge in [-0.25, -0.2) is 0 Å². The molecule has 1 heteroatoms. The molecule has 0 aliphatic rings. The minimum atomic E-state index is 0.754. The van der Waals surface area contributed by atoms with Crippen molar-refractivity contribution in [1.29, 1.82) is 0 Å². The molecule has 0 fully saturated rings. The Morgan fingerprint density at radius 3 is 2.00 bits per heavy atom. The molecule has 0 saturated heterocycles. The summed E-state index contributed by atoms with van der Waals surface area (Å²) in [5.41, 5.74) is 0. The molecule has 0 saturated carbocycles. The Hall–Kier alpha value is -0.0400. The summed E-state index contributed by atoms with van der Waals surface area (Å²) in [4.78, 5) is 2.21. The summed E-state index contributed by atoms with van der Waals surface area (Å²) in [6.07, 6.45) is 1.26. The number of hydrogen-bond acceptors (Lipinski definition) is 1. The van der Waals surface area contributed by atoms with Gasteiger partial charge in [0.05, 0.1) is 0 Å². The Morgan fingerprint density at radius 2 is 1.62 bits per heavy atom. The summed E-state index contributed by atoms with van der Waals surface area (Å²) in [6, 6.07) is 0. The first-order valence-corrected chi connectivity index (χ1v) is 5.49. The topological polar surface area (TPSA) is 3.24 Å². The summed E-state index contributed by atoms with van der Waals surface area (Å²) in [5, 5.41) is 0. The lowest BCUT2D eigenvalue weighted by molar-refractivity contribution is 0.260. The monoisotopic (exact) mass is 184 g/mol. The SMILES string of the molecule is [CH2-]N(CCC(C)C)CC(C)C(C)C. The van der Waals surface area contributed by atoms with E-state index in [-0.39, 0.29) is 0 Å². The highest BCUT2D eigenvalue weighted by Gasteiger charge is 2.07. The van der Waals surface area contributed by atoms with Gasteiger partial charge < -0.3 is 4.90 Å². The average molecular weight is 184 g/mol. The summed E-state index contributed by atoms with van der Waals surface area (Å²) in [6.45, 7) is 13.7. The van der Waals surface area contributed by atoms with E-state index in [0.717, 1.165) is 30.8 Å². The Labute approximate surface area is 84.5 Å². The van der Waals surface area contributed by atoms with Gasteiger partial charge in [-0.15, -0.1) is 0 Å². The lowest BCUT2D eigenvalue weighted by atomic mass is 9.97. The molecule has 1 nitrogen and oxygen atoms in total. The Bertz CT molecular complexity index is 118. The molecular formula is C12H26N-. The quantitative estimate of drug-likeness (QED) is 0.572. The van der Waals surface area contributed by atoms with E-state index in [4.69, 9.17) is 0 Å². The van der Waals surface area contributed by atoms with Crippen molar-refractivity contribution in [2.45, 2.75) is 41.0 Å². The van der Waals surface area contributed by atoms with Gasteiger partial charge in [0.2, 0.25) is 0 Å². The average Bonchev–Trinajstić information content (AvgIpc) is 2.00. The van der Waals surface area contributed by atoms with Crippen molar-refractivity contribution < 1.29 is 0 Å². The molecule has 13 heavy (non-hydrogen) atoms. The van der Waals surface area contributed by atoms with E-state index in [1.54, 1.807) is 0 Å². The first-order chi connectivity index (χ1) is 5.93. The second kappa shape index (κ2) is 6.42. The second-order valence-corrected chi connectivity index (χ2v) is 4.98. The van der Waals surface area contributed by atoms with E-state index in [1.807, 2.05) is 0 Å². The van der Waals surface area contributed by atoms with Crippen molar-refractivity contribution in [1.82, 2.24) is 4.90 Å². The molecule has 0 amide bonds. The van der Waals surface area contributed by atoms with Crippen molar-refractivity contribution in [3.05, 3.63) is 7.05 Å². The molecule has 0 aliphatic heterocycles. The van der Waals surface area contributed by atoms with Gasteiger partial charge in [0.15, 0.2) is 0 Å². The van der Waals surface area contributed by atoms with Gasteiger partial charge >= 0.3 is 0 Å². The largest absolute Gasteiger partial charge is 0.459 e. The Balaban J connectivity index is 3.55. The molecule has 0 rings (SSSR count). The second-order valence-electron chi connectivity index (χ2n) is 4.98. The van der Waals surface area contributed by atoms with Crippen LogP contribution in [0.2, 0.25) is 0 Å². The van der Waals surface area contributed by atoms with Gasteiger partial charge in [-0.05, 0) is 37.3 Å². The smallest absolute Gasteiger partial charge is 0.0275 e. The zero-order valence-electron chi connectivity index (χ0n) is 10.0. The van der Waals surface area contributed by atoms with Crippen LogP contribution in [0.4, 0.5) is 0 Å². The highest BCUT2D eigenvalue weighted by Crippen LogP contribution is 2.11. The van der Waals surface area contributed by atoms with E-state index in [2.05, 4.69) is 46.6 Å². The highest BCUT2D eigenvalue weighted by molar-refractivity contribution is 4.65. The fraction of sp³-hybridized carbons (Fsp3) is 0.917. The van der Waals surface area contributed by atoms with Crippen LogP contribution in [-0.4, -0.2) is 18.0 Å². The highest BCUT2D eigenvalue weighted by atomic mass is 15.1. The molecular weight excluding hydrogens is 158 g/mol. The summed E-state index contributed by atoms with van der Waals surface area (Å²) in [7, 11) is 4.07. The lowest BCUT2D eigenvalue weighted by Crippen LogP contribution is -2.26. The van der Waals surface area contributed by atoms with Crippen molar-refractivity contribution >= 4 is 0 Å². The van der Waals surface area contributed by atoms with Gasteiger partial charge in [0, 0.05) is 0 Å². The Kier molecular flexibility index (Phi) is 6.40. The molecule has 0 radical (unpaired) electrons. The molecule has 0 bridgehead atoms. The van der Waals surface area contributed by atoms with Crippen LogP contribution in [0.15, 0.2) is 0 Å². The predicted octanol–water partition coefficient (Wildman–Crippen LogP) is 3.42. The molecule has 0 aromatic rings. The third-order valence-corrected chi connectivity index (χ3v) is 2.71. The minimum Gasteiger partial charge on any atom is -0.459 e. The molecule has 1 atom stereocenters. The van der Waals surface area contributed by atoms with E-state index >= 15 is 0 Å². The molecule has 0 aromatic heterocycles. The number of rotatable bonds is 6. The van der Waals surface area contributed by atoms with Crippen molar-refractivity contribution in [2.24, 2.45) is 17.8 Å². The third-order valence-electron chi connectivity index (χ3n) is 2.71. The maximum Gasteiger partial charge on any atom is -0.0275 e. The standard InChI is InChI=1S/C12H26N/c1-10(2)7-8-13(6)9-12(5)11(3)4/h10-12H,6-9H2,1-5H3/q-1. The maximum atomic E-state index is 4.07. The lowest BCUT2D eigenvalue weighted by Gasteiger charge is -2.30. The van der Waals surface area contributed by atoms with Crippen LogP contribution in [0.25, 0.3) is 0 Å². The third kappa shape index (κ3) is 7.06. The minimum absolute atomic E-state index is 0.754. The van der Waals surface area contributed by atoms with Crippen molar-refractivity contribution in [3.8, 4) is 0 Å². The van der Waals surface area contributed by atoms with Crippen LogP contribution in [0, 0.1) is 24.8 Å². The molecule has 0 N–H and O–H groups in total. The fourth-order valence-corrected chi connectivity index (χ4v) is 1.15. The van der Waals surface area contributed by atoms with E-state index in [0.29, 0.717) is 0 Å². The summed E-state index contributed by atoms with van der Waals surface area (Å²) >= 11 is 0. The van der Waals surface area contributed by atoms with Gasteiger partial charge in [0.1, 0.15) is 0 Å². The van der Waals surface area contributed by atoms with Gasteiger partial charge in [-0.3, -0.25) is 7.05 Å². The van der Waals surface area contributed by atoms with Gasteiger partial charge in [-0.1, -0.05) is 34.6 Å². The normalized spacial score (nSPS) is 14.5. The van der Waals surface area contributed by atoms with Crippen molar-refractivity contribution in [2.75, 3.05) is 13.1 Å². The van der Waals surface area contributed by atoms with Crippen LogP contribution in [-0.2, 0) is 0 Å². The maximum absolute atomic E-state index is 4.07. The number of hydrogen-bond donors (Lipinski definition) is 0. The fourth-order valence-electron chi connectivity index (χ4n) is 1.15. The van der Waals surface area contributed by atoms with Crippen LogP contribution in [0.3, 0.4) is 0 Å². The van der Waals surface area contributed by atoms with Crippen LogP contribution >= 0.6 is 0 Å². The predicted molar refractivity (Wildman–Crippen MR) is 60.4 cm³/mol. The molecule has 1 unspecified atom stereocenters. The van der Waals surface area contributed by atoms with E-state index in [1.165, 1.54) is 6.42 Å². The summed E-state index contributed by atoms with van der Waals surface area (Å²) < 4.78 is 0. The molecule has 0 aliphatic carbocycles. The van der Waals surface area contributed by atoms with E-state index in [9.17, 15) is 0 Å². The van der Waals surface area contributed by atoms with Crippen LogP contribution in [0.5, 0.6) is 0 Å². The van der Waals surface area contributed by atoms with Crippen LogP contribution < -0.4 is 0 Å². The number of nitrogens with zero attached hydrogens (tertiary/aromatic N) is 1. The van der Waals surface area contributed by atoms with E-state index < -0.39 is 0 Å².